The van der Waals surface area contributed by atoms with Gasteiger partial charge in [0.15, 0.2) is 0 Å². The van der Waals surface area contributed by atoms with E-state index < -0.39 is 10.1 Å². The van der Waals surface area contributed by atoms with Crippen LogP contribution in [0.1, 0.15) is 71.1 Å². The van der Waals surface area contributed by atoms with Gasteiger partial charge in [-0.05, 0) is 19.3 Å². The van der Waals surface area contributed by atoms with Crippen molar-refractivity contribution >= 4 is 10.1 Å². The monoisotopic (exact) mass is 318 g/mol. The molecular formula is C13H27KO4S. The normalized spacial score (nSPS) is 13.0. The molecule has 1 atom stereocenters. The predicted octanol–water partition coefficient (Wildman–Crippen LogP) is -0.183. The van der Waals surface area contributed by atoms with Crippen molar-refractivity contribution in [2.24, 2.45) is 0 Å². The summed E-state index contributed by atoms with van der Waals surface area (Å²) in [4.78, 5) is 0. The third-order valence-electron chi connectivity index (χ3n) is 3.07. The number of hydrogen-bond donors (Lipinski definition) is 1. The maximum Gasteiger partial charge on any atom is 1.00 e. The summed E-state index contributed by atoms with van der Waals surface area (Å²) in [6.07, 6.45) is 9.17. The summed E-state index contributed by atoms with van der Waals surface area (Å²) in [6, 6.07) is 0. The largest absolute Gasteiger partial charge is 1.00 e. The van der Waals surface area contributed by atoms with Crippen molar-refractivity contribution in [2.45, 2.75) is 77.2 Å². The molecule has 0 saturated carbocycles. The van der Waals surface area contributed by atoms with Crippen molar-refractivity contribution in [2.75, 3.05) is 5.75 Å². The molecule has 6 heteroatoms. The maximum atomic E-state index is 10.4. The number of aliphatic hydroxyl groups is 1. The second kappa shape index (κ2) is 14.4. The van der Waals surface area contributed by atoms with E-state index in [1.54, 1.807) is 0 Å². The molecule has 110 valence electrons. The summed E-state index contributed by atoms with van der Waals surface area (Å²) in [5, 5.41) is 9.68. The van der Waals surface area contributed by atoms with Crippen LogP contribution >= 0.6 is 0 Å². The summed E-state index contributed by atoms with van der Waals surface area (Å²) in [5.41, 5.74) is 0. The number of unbranched alkanes of at least 4 members (excludes halogenated alkanes) is 6. The van der Waals surface area contributed by atoms with Gasteiger partial charge >= 0.3 is 51.4 Å². The molecule has 0 aliphatic heterocycles. The Morgan fingerprint density at radius 2 is 1.42 bits per heavy atom. The first-order valence-electron chi connectivity index (χ1n) is 7.07. The van der Waals surface area contributed by atoms with E-state index >= 15 is 0 Å². The van der Waals surface area contributed by atoms with E-state index in [1.165, 1.54) is 25.7 Å². The van der Waals surface area contributed by atoms with Crippen molar-refractivity contribution in [1.82, 2.24) is 0 Å². The molecule has 0 heterocycles. The fraction of sp³-hybridized carbons (Fsp3) is 1.00. The molecule has 0 bridgehead atoms. The Kier molecular flexibility index (Phi) is 17.3. The first kappa shape index (κ1) is 22.8. The maximum absolute atomic E-state index is 10.4. The van der Waals surface area contributed by atoms with Gasteiger partial charge < -0.3 is 9.66 Å². The van der Waals surface area contributed by atoms with E-state index in [4.69, 9.17) is 0 Å². The minimum absolute atomic E-state index is 0. The first-order valence-corrected chi connectivity index (χ1v) is 8.65. The van der Waals surface area contributed by atoms with Gasteiger partial charge in [-0.25, -0.2) is 8.42 Å². The number of aliphatic hydroxyl groups excluding tert-OH is 1. The molecule has 0 aliphatic rings. The average molecular weight is 319 g/mol. The van der Waals surface area contributed by atoms with E-state index in [9.17, 15) is 18.1 Å². The van der Waals surface area contributed by atoms with Crippen molar-refractivity contribution in [1.29, 1.82) is 0 Å². The molecule has 0 saturated heterocycles. The molecule has 0 aromatic heterocycles. The summed E-state index contributed by atoms with van der Waals surface area (Å²) in [5.74, 6) is -0.278. The minimum Gasteiger partial charge on any atom is -0.748 e. The fourth-order valence-corrected chi connectivity index (χ4v) is 2.52. The summed E-state index contributed by atoms with van der Waals surface area (Å²) >= 11 is 0. The zero-order valence-electron chi connectivity index (χ0n) is 12.4. The van der Waals surface area contributed by atoms with Gasteiger partial charge in [-0.3, -0.25) is 0 Å². The van der Waals surface area contributed by atoms with E-state index in [1.807, 2.05) is 0 Å². The number of hydrogen-bond acceptors (Lipinski definition) is 4. The summed E-state index contributed by atoms with van der Waals surface area (Å²) < 4.78 is 31.1. The molecule has 19 heavy (non-hydrogen) atoms. The zero-order chi connectivity index (χ0) is 13.9. The third-order valence-corrected chi connectivity index (χ3v) is 3.86. The van der Waals surface area contributed by atoms with Crippen molar-refractivity contribution in [3.8, 4) is 0 Å². The summed E-state index contributed by atoms with van der Waals surface area (Å²) in [7, 11) is -4.06. The van der Waals surface area contributed by atoms with Crippen LogP contribution in [0.15, 0.2) is 0 Å². The quantitative estimate of drug-likeness (QED) is 0.308. The Labute approximate surface area is 160 Å². The van der Waals surface area contributed by atoms with Gasteiger partial charge in [0.1, 0.15) is 0 Å². The SMILES string of the molecule is CCCCCCCC(O)CCCCCS(=O)(=O)[O-].[K+]. The van der Waals surface area contributed by atoms with Crippen LogP contribution in [0, 0.1) is 0 Å². The minimum atomic E-state index is -4.06. The molecule has 0 rings (SSSR count). The smallest absolute Gasteiger partial charge is 0.748 e. The van der Waals surface area contributed by atoms with Crippen LogP contribution in [0.5, 0.6) is 0 Å². The molecule has 0 aromatic carbocycles. The van der Waals surface area contributed by atoms with Crippen LogP contribution in [0.25, 0.3) is 0 Å². The van der Waals surface area contributed by atoms with E-state index in [-0.39, 0.29) is 63.2 Å². The molecule has 0 radical (unpaired) electrons. The van der Waals surface area contributed by atoms with Crippen LogP contribution in [0.4, 0.5) is 0 Å². The van der Waals surface area contributed by atoms with Crippen molar-refractivity contribution in [3.05, 3.63) is 0 Å². The van der Waals surface area contributed by atoms with Crippen molar-refractivity contribution < 1.29 is 69.5 Å². The first-order chi connectivity index (χ1) is 8.45. The molecule has 0 aromatic rings. The van der Waals surface area contributed by atoms with Gasteiger partial charge in [-0.2, -0.15) is 0 Å². The summed E-state index contributed by atoms with van der Waals surface area (Å²) in [6.45, 7) is 2.18. The second-order valence-electron chi connectivity index (χ2n) is 4.97. The van der Waals surface area contributed by atoms with Crippen molar-refractivity contribution in [3.63, 3.8) is 0 Å². The predicted molar refractivity (Wildman–Crippen MR) is 72.4 cm³/mol. The van der Waals surface area contributed by atoms with Crippen LogP contribution < -0.4 is 51.4 Å². The molecule has 1 N–H and O–H groups in total. The van der Waals surface area contributed by atoms with Crippen LogP contribution in [0.3, 0.4) is 0 Å². The molecule has 0 spiro atoms. The third kappa shape index (κ3) is 19.5. The van der Waals surface area contributed by atoms with E-state index in [2.05, 4.69) is 6.92 Å². The van der Waals surface area contributed by atoms with Gasteiger partial charge in [0.25, 0.3) is 0 Å². The molecule has 0 aliphatic carbocycles. The molecule has 0 amide bonds. The Bertz CT molecular complexity index is 280. The van der Waals surface area contributed by atoms with Gasteiger partial charge in [0, 0.05) is 5.75 Å². The molecule has 1 unspecified atom stereocenters. The Balaban J connectivity index is 0. The molecular weight excluding hydrogens is 291 g/mol. The molecule has 4 nitrogen and oxygen atoms in total. The zero-order valence-corrected chi connectivity index (χ0v) is 16.4. The number of rotatable bonds is 12. The Morgan fingerprint density at radius 1 is 0.947 bits per heavy atom. The molecule has 0 fully saturated rings. The van der Waals surface area contributed by atoms with Crippen LogP contribution in [0.2, 0.25) is 0 Å². The van der Waals surface area contributed by atoms with Gasteiger partial charge in [-0.1, -0.05) is 51.9 Å². The Hall–Kier alpha value is 1.51. The van der Waals surface area contributed by atoms with E-state index in [0.29, 0.717) is 19.3 Å². The van der Waals surface area contributed by atoms with E-state index in [0.717, 1.165) is 19.3 Å². The van der Waals surface area contributed by atoms with Crippen LogP contribution in [-0.4, -0.2) is 29.9 Å². The van der Waals surface area contributed by atoms with Gasteiger partial charge in [0.2, 0.25) is 0 Å². The van der Waals surface area contributed by atoms with Gasteiger partial charge in [0.05, 0.1) is 16.2 Å². The topological polar surface area (TPSA) is 77.4 Å². The second-order valence-corrected chi connectivity index (χ2v) is 6.49. The average Bonchev–Trinajstić information content (AvgIpc) is 2.27. The Morgan fingerprint density at radius 3 is 1.89 bits per heavy atom. The standard InChI is InChI=1S/C13H28O4S.K/c1-2-3-4-5-7-10-13(14)11-8-6-9-12-18(15,16)17;/h13-14H,2-12H2,1H3,(H,15,16,17);/q;+1/p-1. The fourth-order valence-electron chi connectivity index (χ4n) is 1.96. The van der Waals surface area contributed by atoms with Crippen LogP contribution in [-0.2, 0) is 10.1 Å². The van der Waals surface area contributed by atoms with Gasteiger partial charge in [-0.15, -0.1) is 0 Å².